The van der Waals surface area contributed by atoms with E-state index in [2.05, 4.69) is 17.1 Å². The first-order chi connectivity index (χ1) is 11.5. The Bertz CT molecular complexity index is 530. The highest BCUT2D eigenvalue weighted by molar-refractivity contribution is 6.31. The van der Waals surface area contributed by atoms with Gasteiger partial charge < -0.3 is 15.0 Å². The van der Waals surface area contributed by atoms with Crippen LogP contribution >= 0.6 is 11.6 Å². The van der Waals surface area contributed by atoms with Crippen LogP contribution in [0.4, 0.5) is 0 Å². The third-order valence-corrected chi connectivity index (χ3v) is 4.76. The van der Waals surface area contributed by atoms with Crippen LogP contribution in [0.5, 0.6) is 5.75 Å². The van der Waals surface area contributed by atoms with Gasteiger partial charge in [0, 0.05) is 24.0 Å². The number of carbonyl (C=O) groups excluding carboxylic acids is 1. The van der Waals surface area contributed by atoms with Crippen molar-refractivity contribution in [2.75, 3.05) is 26.2 Å². The second-order valence-corrected chi connectivity index (χ2v) is 7.10. The number of ether oxygens (including phenoxy) is 1. The van der Waals surface area contributed by atoms with Crippen LogP contribution in [-0.4, -0.2) is 43.1 Å². The third kappa shape index (κ3) is 6.70. The average molecular weight is 353 g/mol. The summed E-state index contributed by atoms with van der Waals surface area (Å²) in [4.78, 5) is 14.4. The smallest absolute Gasteiger partial charge is 0.220 e. The Hall–Kier alpha value is -1.26. The first-order valence-electron chi connectivity index (χ1n) is 8.95. The summed E-state index contributed by atoms with van der Waals surface area (Å²) in [5, 5.41) is 3.83. The molecule has 1 amide bonds. The van der Waals surface area contributed by atoms with Crippen molar-refractivity contribution < 1.29 is 9.53 Å². The van der Waals surface area contributed by atoms with Crippen LogP contribution in [0.2, 0.25) is 5.02 Å². The van der Waals surface area contributed by atoms with Crippen LogP contribution in [0.3, 0.4) is 0 Å². The second-order valence-electron chi connectivity index (χ2n) is 6.69. The number of amides is 1. The number of piperidine rings is 1. The number of halogens is 1. The Kier molecular flexibility index (Phi) is 7.86. The molecule has 1 aliphatic heterocycles. The topological polar surface area (TPSA) is 41.6 Å². The monoisotopic (exact) mass is 352 g/mol. The van der Waals surface area contributed by atoms with Gasteiger partial charge in [-0.05, 0) is 70.0 Å². The Balaban J connectivity index is 1.59. The number of carbonyl (C=O) groups is 1. The molecule has 0 bridgehead atoms. The second kappa shape index (κ2) is 9.90. The van der Waals surface area contributed by atoms with Crippen molar-refractivity contribution in [1.29, 1.82) is 0 Å². The first kappa shape index (κ1) is 19.1. The fraction of sp³-hybridized carbons (Fsp3) is 0.632. The molecule has 1 aliphatic rings. The van der Waals surface area contributed by atoms with Crippen LogP contribution in [0.25, 0.3) is 0 Å². The molecule has 1 aromatic rings. The minimum Gasteiger partial charge on any atom is -0.494 e. The van der Waals surface area contributed by atoms with Gasteiger partial charge in [0.05, 0.1) is 6.61 Å². The summed E-state index contributed by atoms with van der Waals surface area (Å²) in [6.45, 7) is 7.84. The zero-order valence-corrected chi connectivity index (χ0v) is 15.6. The molecule has 4 nitrogen and oxygen atoms in total. The molecule has 1 aromatic carbocycles. The number of likely N-dealkylation sites (tertiary alicyclic amines) is 1. The molecule has 1 fully saturated rings. The zero-order valence-electron chi connectivity index (χ0n) is 14.8. The van der Waals surface area contributed by atoms with Gasteiger partial charge in [0.1, 0.15) is 5.75 Å². The summed E-state index contributed by atoms with van der Waals surface area (Å²) in [7, 11) is 0. The van der Waals surface area contributed by atoms with E-state index < -0.39 is 0 Å². The van der Waals surface area contributed by atoms with Crippen LogP contribution in [0.15, 0.2) is 18.2 Å². The van der Waals surface area contributed by atoms with Gasteiger partial charge in [0.25, 0.3) is 0 Å². The molecule has 0 spiro atoms. The van der Waals surface area contributed by atoms with Gasteiger partial charge >= 0.3 is 0 Å². The largest absolute Gasteiger partial charge is 0.494 e. The molecule has 1 saturated heterocycles. The van der Waals surface area contributed by atoms with E-state index in [1.54, 1.807) is 0 Å². The van der Waals surface area contributed by atoms with Crippen LogP contribution in [0, 0.1) is 6.92 Å². The summed E-state index contributed by atoms with van der Waals surface area (Å²) in [6, 6.07) is 5.82. The molecule has 0 radical (unpaired) electrons. The standard InChI is InChI=1S/C19H29ClN2O2/c1-15-13-17(8-9-18(15)20)24-12-6-7-19(23)21-16(2)14-22-10-4-3-5-11-22/h8-9,13,16H,3-7,10-12,14H2,1-2H3,(H,21,23). The van der Waals surface area contributed by atoms with E-state index in [0.29, 0.717) is 19.4 Å². The van der Waals surface area contributed by atoms with Crippen molar-refractivity contribution in [3.8, 4) is 5.75 Å². The molecule has 0 aliphatic carbocycles. The summed E-state index contributed by atoms with van der Waals surface area (Å²) in [5.41, 5.74) is 0.999. The van der Waals surface area contributed by atoms with Crippen LogP contribution < -0.4 is 10.1 Å². The predicted octanol–water partition coefficient (Wildman–Crippen LogP) is 3.80. The lowest BCUT2D eigenvalue weighted by Gasteiger charge is -2.29. The number of benzene rings is 1. The maximum atomic E-state index is 12.0. The average Bonchev–Trinajstić information content (AvgIpc) is 2.55. The molecule has 1 atom stereocenters. The van der Waals surface area contributed by atoms with E-state index in [9.17, 15) is 4.79 Å². The number of nitrogens with zero attached hydrogens (tertiary/aromatic N) is 1. The summed E-state index contributed by atoms with van der Waals surface area (Å²) < 4.78 is 5.67. The molecule has 24 heavy (non-hydrogen) atoms. The van der Waals surface area contributed by atoms with Crippen molar-refractivity contribution >= 4 is 17.5 Å². The maximum Gasteiger partial charge on any atom is 0.220 e. The Morgan fingerprint density at radius 3 is 2.79 bits per heavy atom. The minimum atomic E-state index is 0.107. The van der Waals surface area contributed by atoms with Crippen molar-refractivity contribution in [2.24, 2.45) is 0 Å². The fourth-order valence-corrected chi connectivity index (χ4v) is 3.17. The van der Waals surface area contributed by atoms with Gasteiger partial charge in [-0.1, -0.05) is 18.0 Å². The third-order valence-electron chi connectivity index (χ3n) is 4.33. The van der Waals surface area contributed by atoms with Crippen LogP contribution in [0.1, 0.15) is 44.6 Å². The van der Waals surface area contributed by atoms with Gasteiger partial charge in [0.15, 0.2) is 0 Å². The van der Waals surface area contributed by atoms with E-state index in [0.717, 1.165) is 36.0 Å². The molecule has 134 valence electrons. The van der Waals surface area contributed by atoms with Crippen molar-refractivity contribution in [2.45, 2.75) is 52.0 Å². The summed E-state index contributed by atoms with van der Waals surface area (Å²) in [5.74, 6) is 0.908. The molecule has 1 N–H and O–H groups in total. The quantitative estimate of drug-likeness (QED) is 0.723. The van der Waals surface area contributed by atoms with Crippen molar-refractivity contribution in [3.63, 3.8) is 0 Å². The molecule has 5 heteroatoms. The molecule has 1 heterocycles. The van der Waals surface area contributed by atoms with E-state index >= 15 is 0 Å². The zero-order chi connectivity index (χ0) is 17.4. The van der Waals surface area contributed by atoms with Gasteiger partial charge in [-0.15, -0.1) is 0 Å². The molecular formula is C19H29ClN2O2. The summed E-state index contributed by atoms with van der Waals surface area (Å²) >= 11 is 5.99. The van der Waals surface area contributed by atoms with Gasteiger partial charge in [-0.3, -0.25) is 4.79 Å². The minimum absolute atomic E-state index is 0.107. The van der Waals surface area contributed by atoms with E-state index in [4.69, 9.17) is 16.3 Å². The molecule has 2 rings (SSSR count). The number of aryl methyl sites for hydroxylation is 1. The van der Waals surface area contributed by atoms with Gasteiger partial charge in [-0.25, -0.2) is 0 Å². The highest BCUT2D eigenvalue weighted by Gasteiger charge is 2.14. The van der Waals surface area contributed by atoms with Crippen molar-refractivity contribution in [1.82, 2.24) is 10.2 Å². The Morgan fingerprint density at radius 1 is 1.33 bits per heavy atom. The summed E-state index contributed by atoms with van der Waals surface area (Å²) in [6.07, 6.45) is 5.11. The number of rotatable bonds is 8. The molecule has 1 unspecified atom stereocenters. The SMILES string of the molecule is Cc1cc(OCCCC(=O)NC(C)CN2CCCCC2)ccc1Cl. The molecule has 0 saturated carbocycles. The number of nitrogens with one attached hydrogen (secondary N) is 1. The van der Waals surface area contributed by atoms with Crippen molar-refractivity contribution in [3.05, 3.63) is 28.8 Å². The predicted molar refractivity (Wildman–Crippen MR) is 98.8 cm³/mol. The number of hydrogen-bond acceptors (Lipinski definition) is 3. The normalized spacial score (nSPS) is 16.6. The highest BCUT2D eigenvalue weighted by Crippen LogP contribution is 2.21. The Labute approximate surface area is 150 Å². The number of hydrogen-bond donors (Lipinski definition) is 1. The van der Waals surface area contributed by atoms with E-state index in [1.165, 1.54) is 19.3 Å². The van der Waals surface area contributed by atoms with E-state index in [1.807, 2.05) is 25.1 Å². The fourth-order valence-electron chi connectivity index (χ4n) is 3.05. The molecule has 0 aromatic heterocycles. The van der Waals surface area contributed by atoms with Gasteiger partial charge in [0.2, 0.25) is 5.91 Å². The lowest BCUT2D eigenvalue weighted by Crippen LogP contribution is -2.43. The molecular weight excluding hydrogens is 324 g/mol. The lowest BCUT2D eigenvalue weighted by atomic mass is 10.1. The lowest BCUT2D eigenvalue weighted by molar-refractivity contribution is -0.122. The highest BCUT2D eigenvalue weighted by atomic mass is 35.5. The Morgan fingerprint density at radius 2 is 2.08 bits per heavy atom. The maximum absolute atomic E-state index is 12.0. The first-order valence-corrected chi connectivity index (χ1v) is 9.33. The van der Waals surface area contributed by atoms with E-state index in [-0.39, 0.29) is 11.9 Å². The van der Waals surface area contributed by atoms with Gasteiger partial charge in [-0.2, -0.15) is 0 Å². The van der Waals surface area contributed by atoms with Crippen LogP contribution in [-0.2, 0) is 4.79 Å².